The minimum atomic E-state index is -3.77. The maximum atomic E-state index is 12.7. The van der Waals surface area contributed by atoms with E-state index in [9.17, 15) is 13.2 Å². The van der Waals surface area contributed by atoms with Crippen LogP contribution in [-0.4, -0.2) is 20.9 Å². The largest absolute Gasteiger partial charge is 0.482 e. The molecule has 126 valence electrons. The second kappa shape index (κ2) is 5.92. The summed E-state index contributed by atoms with van der Waals surface area (Å²) in [7, 11) is -3.77. The fourth-order valence-electron chi connectivity index (χ4n) is 2.54. The molecule has 3 rings (SSSR count). The number of ether oxygens (including phenoxy) is 1. The second-order valence-corrected chi connectivity index (χ2v) is 7.77. The van der Waals surface area contributed by atoms with Crippen LogP contribution in [0.4, 0.5) is 5.69 Å². The first-order valence-corrected chi connectivity index (χ1v) is 8.92. The van der Waals surface area contributed by atoms with Crippen LogP contribution in [0, 0.1) is 0 Å². The van der Waals surface area contributed by atoms with Crippen molar-refractivity contribution in [2.24, 2.45) is 0 Å². The van der Waals surface area contributed by atoms with Gasteiger partial charge in [0.15, 0.2) is 6.61 Å². The highest BCUT2D eigenvalue weighted by Gasteiger charge is 2.29. The van der Waals surface area contributed by atoms with Gasteiger partial charge in [-0.3, -0.25) is 4.79 Å². The molecule has 0 atom stereocenters. The molecule has 2 N–H and O–H groups in total. The Labute approximate surface area is 140 Å². The molecule has 1 heterocycles. The summed E-state index contributed by atoms with van der Waals surface area (Å²) in [5.41, 5.74) is 0.422. The molecule has 0 aliphatic carbocycles. The fourth-order valence-corrected chi connectivity index (χ4v) is 3.97. The summed E-state index contributed by atoms with van der Waals surface area (Å²) < 4.78 is 33.4. The van der Waals surface area contributed by atoms with Gasteiger partial charge in [-0.1, -0.05) is 30.3 Å². The normalized spacial score (nSPS) is 14.5. The van der Waals surface area contributed by atoms with Crippen LogP contribution >= 0.6 is 0 Å². The maximum absolute atomic E-state index is 12.7. The molecule has 0 fully saturated rings. The van der Waals surface area contributed by atoms with Crippen molar-refractivity contribution in [2.75, 3.05) is 11.9 Å². The highest BCUT2D eigenvalue weighted by atomic mass is 32.2. The third kappa shape index (κ3) is 3.27. The van der Waals surface area contributed by atoms with Crippen LogP contribution in [0.15, 0.2) is 53.4 Å². The molecule has 0 saturated heterocycles. The molecule has 1 aliphatic heterocycles. The van der Waals surface area contributed by atoms with Crippen molar-refractivity contribution in [3.8, 4) is 5.75 Å². The van der Waals surface area contributed by atoms with Crippen molar-refractivity contribution in [1.82, 2.24) is 4.72 Å². The summed E-state index contributed by atoms with van der Waals surface area (Å²) in [5.74, 6) is 0.144. The van der Waals surface area contributed by atoms with E-state index < -0.39 is 15.6 Å². The summed E-state index contributed by atoms with van der Waals surface area (Å²) in [6.07, 6.45) is 0. The number of benzene rings is 2. The number of carbonyl (C=O) groups excluding carboxylic acids is 1. The van der Waals surface area contributed by atoms with E-state index in [1.165, 1.54) is 12.1 Å². The van der Waals surface area contributed by atoms with Gasteiger partial charge in [0.25, 0.3) is 5.91 Å². The Bertz CT molecular complexity index is 877. The molecule has 7 heteroatoms. The van der Waals surface area contributed by atoms with Gasteiger partial charge in [-0.25, -0.2) is 13.1 Å². The van der Waals surface area contributed by atoms with Gasteiger partial charge in [0, 0.05) is 0 Å². The predicted molar refractivity (Wildman–Crippen MR) is 90.4 cm³/mol. The Balaban J connectivity index is 1.91. The number of sulfonamides is 1. The summed E-state index contributed by atoms with van der Waals surface area (Å²) in [6.45, 7) is 3.52. The molecule has 0 saturated carbocycles. The number of anilines is 1. The molecular weight excluding hydrogens is 328 g/mol. The topological polar surface area (TPSA) is 84.5 Å². The van der Waals surface area contributed by atoms with Crippen molar-refractivity contribution in [2.45, 2.75) is 24.3 Å². The third-order valence-corrected chi connectivity index (χ3v) is 5.43. The zero-order valence-corrected chi connectivity index (χ0v) is 14.2. The molecule has 2 aromatic carbocycles. The SMILES string of the molecule is CC(C)(NS(=O)(=O)c1ccc2c(c1)NC(=O)CO2)c1ccccc1. The first-order chi connectivity index (χ1) is 11.3. The smallest absolute Gasteiger partial charge is 0.262 e. The van der Waals surface area contributed by atoms with Crippen LogP contribution in [0.3, 0.4) is 0 Å². The van der Waals surface area contributed by atoms with Gasteiger partial charge in [0.05, 0.1) is 16.1 Å². The summed E-state index contributed by atoms with van der Waals surface area (Å²) in [5, 5.41) is 2.61. The lowest BCUT2D eigenvalue weighted by atomic mass is 9.96. The number of fused-ring (bicyclic) bond motifs is 1. The Morgan fingerprint density at radius 3 is 2.54 bits per heavy atom. The van der Waals surface area contributed by atoms with Crippen LogP contribution in [-0.2, 0) is 20.4 Å². The van der Waals surface area contributed by atoms with Gasteiger partial charge >= 0.3 is 0 Å². The average molecular weight is 346 g/mol. The summed E-state index contributed by atoms with van der Waals surface area (Å²) >= 11 is 0. The molecule has 1 amide bonds. The van der Waals surface area contributed by atoms with Crippen molar-refractivity contribution in [1.29, 1.82) is 0 Å². The lowest BCUT2D eigenvalue weighted by Crippen LogP contribution is -2.40. The molecule has 0 spiro atoms. The van der Waals surface area contributed by atoms with Crippen LogP contribution in [0.2, 0.25) is 0 Å². The quantitative estimate of drug-likeness (QED) is 0.889. The molecule has 0 radical (unpaired) electrons. The number of nitrogens with one attached hydrogen (secondary N) is 2. The minimum Gasteiger partial charge on any atom is -0.482 e. The average Bonchev–Trinajstić information content (AvgIpc) is 2.54. The number of hydrogen-bond acceptors (Lipinski definition) is 4. The van der Waals surface area contributed by atoms with Gasteiger partial charge in [-0.05, 0) is 37.6 Å². The lowest BCUT2D eigenvalue weighted by molar-refractivity contribution is -0.118. The Hall–Kier alpha value is -2.38. The Morgan fingerprint density at radius 2 is 1.83 bits per heavy atom. The zero-order valence-electron chi connectivity index (χ0n) is 13.4. The molecule has 24 heavy (non-hydrogen) atoms. The van der Waals surface area contributed by atoms with Crippen molar-refractivity contribution >= 4 is 21.6 Å². The highest BCUT2D eigenvalue weighted by Crippen LogP contribution is 2.31. The van der Waals surface area contributed by atoms with Crippen LogP contribution in [0.5, 0.6) is 5.75 Å². The first-order valence-electron chi connectivity index (χ1n) is 7.44. The molecular formula is C17H18N2O4S. The van der Waals surface area contributed by atoms with Gasteiger partial charge < -0.3 is 10.1 Å². The van der Waals surface area contributed by atoms with E-state index in [0.29, 0.717) is 11.4 Å². The Kier molecular flexibility index (Phi) is 4.06. The molecule has 0 aromatic heterocycles. The van der Waals surface area contributed by atoms with Gasteiger partial charge in [0.2, 0.25) is 10.0 Å². The van der Waals surface area contributed by atoms with Crippen LogP contribution in [0.1, 0.15) is 19.4 Å². The van der Waals surface area contributed by atoms with E-state index in [0.717, 1.165) is 5.56 Å². The molecule has 1 aliphatic rings. The van der Waals surface area contributed by atoms with Crippen LogP contribution in [0.25, 0.3) is 0 Å². The number of amides is 1. The van der Waals surface area contributed by atoms with E-state index in [1.807, 2.05) is 30.3 Å². The third-order valence-electron chi connectivity index (χ3n) is 3.78. The molecule has 0 bridgehead atoms. The van der Waals surface area contributed by atoms with Crippen molar-refractivity contribution in [3.05, 3.63) is 54.1 Å². The van der Waals surface area contributed by atoms with Crippen molar-refractivity contribution in [3.63, 3.8) is 0 Å². The van der Waals surface area contributed by atoms with Gasteiger partial charge in [-0.15, -0.1) is 0 Å². The molecule has 2 aromatic rings. The lowest BCUT2D eigenvalue weighted by Gasteiger charge is -2.27. The predicted octanol–water partition coefficient (Wildman–Crippen LogP) is 2.23. The molecule has 0 unspecified atom stereocenters. The van der Waals surface area contributed by atoms with E-state index in [1.54, 1.807) is 19.9 Å². The van der Waals surface area contributed by atoms with Gasteiger partial charge in [-0.2, -0.15) is 0 Å². The standard InChI is InChI=1S/C17H18N2O4S/c1-17(2,12-6-4-3-5-7-12)19-24(21,22)13-8-9-15-14(10-13)18-16(20)11-23-15/h3-10,19H,11H2,1-2H3,(H,18,20). The second-order valence-electron chi connectivity index (χ2n) is 6.09. The zero-order chi connectivity index (χ0) is 17.4. The summed E-state index contributed by atoms with van der Waals surface area (Å²) in [4.78, 5) is 11.5. The minimum absolute atomic E-state index is 0.0658. The Morgan fingerprint density at radius 1 is 1.12 bits per heavy atom. The number of carbonyl (C=O) groups is 1. The highest BCUT2D eigenvalue weighted by molar-refractivity contribution is 7.89. The number of rotatable bonds is 4. The van der Waals surface area contributed by atoms with Crippen LogP contribution < -0.4 is 14.8 Å². The number of hydrogen-bond donors (Lipinski definition) is 2. The monoisotopic (exact) mass is 346 g/mol. The van der Waals surface area contributed by atoms with E-state index >= 15 is 0 Å². The maximum Gasteiger partial charge on any atom is 0.262 e. The fraction of sp³-hybridized carbons (Fsp3) is 0.235. The molecule has 6 nitrogen and oxygen atoms in total. The van der Waals surface area contributed by atoms with Crippen molar-refractivity contribution < 1.29 is 17.9 Å². The van der Waals surface area contributed by atoms with Gasteiger partial charge in [0.1, 0.15) is 5.75 Å². The van der Waals surface area contributed by atoms with E-state index in [-0.39, 0.29) is 17.4 Å². The summed E-state index contributed by atoms with van der Waals surface area (Å²) in [6, 6.07) is 13.7. The first kappa shape index (κ1) is 16.5. The van der Waals surface area contributed by atoms with E-state index in [2.05, 4.69) is 10.0 Å². The van der Waals surface area contributed by atoms with E-state index in [4.69, 9.17) is 4.74 Å².